The summed E-state index contributed by atoms with van der Waals surface area (Å²) in [5.41, 5.74) is 1.55. The van der Waals surface area contributed by atoms with Crippen LogP contribution in [-0.4, -0.2) is 38.9 Å². The number of carbonyl (C=O) groups is 2. The van der Waals surface area contributed by atoms with Crippen LogP contribution in [-0.2, 0) is 16.0 Å². The minimum atomic E-state index is -1.10. The van der Waals surface area contributed by atoms with Crippen LogP contribution in [0.3, 0.4) is 0 Å². The van der Waals surface area contributed by atoms with Gasteiger partial charge in [0, 0.05) is 6.42 Å². The van der Waals surface area contributed by atoms with Crippen LogP contribution in [0.4, 0.5) is 0 Å². The highest BCUT2D eigenvalue weighted by atomic mass is 32.2. The van der Waals surface area contributed by atoms with Crippen molar-refractivity contribution in [3.05, 3.63) is 70.6 Å². The predicted molar refractivity (Wildman–Crippen MR) is 117 cm³/mol. The first-order valence-electron chi connectivity index (χ1n) is 8.69. The van der Waals surface area contributed by atoms with Gasteiger partial charge < -0.3 is 9.84 Å². The molecule has 1 fully saturated rings. The van der Waals surface area contributed by atoms with E-state index in [0.29, 0.717) is 10.7 Å². The molecule has 0 aromatic heterocycles. The van der Waals surface area contributed by atoms with E-state index in [1.165, 1.54) is 4.90 Å². The van der Waals surface area contributed by atoms with Crippen molar-refractivity contribution in [3.63, 3.8) is 0 Å². The van der Waals surface area contributed by atoms with Gasteiger partial charge in [0.25, 0.3) is 5.91 Å². The molecule has 1 atom stereocenters. The van der Waals surface area contributed by atoms with E-state index in [9.17, 15) is 14.7 Å². The third-order valence-corrected chi connectivity index (χ3v) is 5.50. The molecule has 1 aliphatic rings. The van der Waals surface area contributed by atoms with Gasteiger partial charge in [0.05, 0.1) is 4.91 Å². The molecule has 0 spiro atoms. The SMILES string of the molecule is C#CCOc1cccc(/C=C2\SC(=S)N([C@@H](Cc3ccccc3)C(=O)O)C2=O)c1. The Labute approximate surface area is 178 Å². The number of carboxylic acids is 1. The molecule has 1 heterocycles. The monoisotopic (exact) mass is 423 g/mol. The van der Waals surface area contributed by atoms with Gasteiger partial charge in [-0.25, -0.2) is 4.79 Å². The maximum atomic E-state index is 12.9. The number of terminal acetylenes is 1. The fraction of sp³-hybridized carbons (Fsp3) is 0.136. The van der Waals surface area contributed by atoms with Crippen molar-refractivity contribution in [3.8, 4) is 18.1 Å². The lowest BCUT2D eigenvalue weighted by molar-refractivity contribution is -0.145. The standard InChI is InChI=1S/C22H17NO4S2/c1-2-11-27-17-10-6-9-16(12-17)14-19-20(24)23(22(28)29-19)18(21(25)26)13-15-7-4-3-5-8-15/h1,3-10,12,14,18H,11,13H2,(H,25,26)/b19-14-/t18-/m0/s1. The smallest absolute Gasteiger partial charge is 0.327 e. The molecule has 2 aromatic carbocycles. The number of hydrogen-bond acceptors (Lipinski definition) is 5. The summed E-state index contributed by atoms with van der Waals surface area (Å²) in [5.74, 6) is 1.46. The minimum absolute atomic E-state index is 0.144. The third-order valence-electron chi connectivity index (χ3n) is 4.17. The Hall–Kier alpha value is -3.08. The molecule has 3 rings (SSSR count). The summed E-state index contributed by atoms with van der Waals surface area (Å²) in [4.78, 5) is 26.4. The van der Waals surface area contributed by atoms with Crippen molar-refractivity contribution in [2.45, 2.75) is 12.5 Å². The number of hydrogen-bond donors (Lipinski definition) is 1. The molecule has 1 saturated heterocycles. The van der Waals surface area contributed by atoms with Gasteiger partial charge in [0.1, 0.15) is 22.7 Å². The largest absolute Gasteiger partial charge is 0.481 e. The average molecular weight is 424 g/mol. The summed E-state index contributed by atoms with van der Waals surface area (Å²) in [6.07, 6.45) is 7.04. The average Bonchev–Trinajstić information content (AvgIpc) is 2.98. The van der Waals surface area contributed by atoms with Crippen LogP contribution < -0.4 is 4.74 Å². The van der Waals surface area contributed by atoms with E-state index >= 15 is 0 Å². The summed E-state index contributed by atoms with van der Waals surface area (Å²) in [6.45, 7) is 0.144. The lowest BCUT2D eigenvalue weighted by atomic mass is 10.0. The molecule has 0 bridgehead atoms. The zero-order valence-corrected chi connectivity index (χ0v) is 16.9. The summed E-state index contributed by atoms with van der Waals surface area (Å²) in [5, 5.41) is 9.71. The molecule has 0 unspecified atom stereocenters. The predicted octanol–water partition coefficient (Wildman–Crippen LogP) is 3.60. The molecule has 1 aliphatic heterocycles. The molecular weight excluding hydrogens is 406 g/mol. The zero-order valence-electron chi connectivity index (χ0n) is 15.3. The molecule has 1 N–H and O–H groups in total. The highest BCUT2D eigenvalue weighted by molar-refractivity contribution is 8.26. The highest BCUT2D eigenvalue weighted by Gasteiger charge is 2.40. The molecule has 5 nitrogen and oxygen atoms in total. The van der Waals surface area contributed by atoms with Gasteiger partial charge in [-0.1, -0.05) is 72.4 Å². The maximum absolute atomic E-state index is 12.9. The Balaban J connectivity index is 1.84. The minimum Gasteiger partial charge on any atom is -0.481 e. The number of nitrogens with zero attached hydrogens (tertiary/aromatic N) is 1. The van der Waals surface area contributed by atoms with Crippen molar-refractivity contribution in [1.29, 1.82) is 0 Å². The number of benzene rings is 2. The molecule has 29 heavy (non-hydrogen) atoms. The second-order valence-electron chi connectivity index (χ2n) is 6.16. The van der Waals surface area contributed by atoms with Gasteiger partial charge in [-0.05, 0) is 29.3 Å². The van der Waals surface area contributed by atoms with E-state index in [1.54, 1.807) is 24.3 Å². The first kappa shape index (κ1) is 20.6. The lowest BCUT2D eigenvalue weighted by Crippen LogP contribution is -2.45. The Morgan fingerprint density at radius 3 is 2.72 bits per heavy atom. The van der Waals surface area contributed by atoms with E-state index in [2.05, 4.69) is 5.92 Å². The molecule has 0 radical (unpaired) electrons. The highest BCUT2D eigenvalue weighted by Crippen LogP contribution is 2.35. The Bertz CT molecular complexity index is 1010. The van der Waals surface area contributed by atoms with Crippen LogP contribution in [0.5, 0.6) is 5.75 Å². The molecule has 146 valence electrons. The van der Waals surface area contributed by atoms with Crippen LogP contribution in [0.15, 0.2) is 59.5 Å². The molecule has 2 aromatic rings. The Morgan fingerprint density at radius 1 is 1.28 bits per heavy atom. The topological polar surface area (TPSA) is 66.8 Å². The zero-order chi connectivity index (χ0) is 20.8. The number of carbonyl (C=O) groups excluding carboxylic acids is 1. The fourth-order valence-electron chi connectivity index (χ4n) is 2.85. The van der Waals surface area contributed by atoms with E-state index in [0.717, 1.165) is 22.9 Å². The number of thioether (sulfide) groups is 1. The van der Waals surface area contributed by atoms with Gasteiger partial charge in [-0.3, -0.25) is 9.69 Å². The van der Waals surface area contributed by atoms with Crippen LogP contribution in [0, 0.1) is 12.3 Å². The maximum Gasteiger partial charge on any atom is 0.327 e. The van der Waals surface area contributed by atoms with Crippen molar-refractivity contribution < 1.29 is 19.4 Å². The van der Waals surface area contributed by atoms with Gasteiger partial charge >= 0.3 is 5.97 Å². The number of amides is 1. The van der Waals surface area contributed by atoms with Crippen molar-refractivity contribution in [1.82, 2.24) is 4.90 Å². The van der Waals surface area contributed by atoms with E-state index in [1.807, 2.05) is 36.4 Å². The lowest BCUT2D eigenvalue weighted by Gasteiger charge is -2.23. The Kier molecular flexibility index (Phi) is 6.70. The summed E-state index contributed by atoms with van der Waals surface area (Å²) in [7, 11) is 0. The molecule has 1 amide bonds. The molecule has 0 saturated carbocycles. The van der Waals surface area contributed by atoms with Crippen LogP contribution >= 0.6 is 24.0 Å². The van der Waals surface area contributed by atoms with Gasteiger partial charge in [0.2, 0.25) is 0 Å². The quantitative estimate of drug-likeness (QED) is 0.417. The van der Waals surface area contributed by atoms with Crippen molar-refractivity contribution in [2.24, 2.45) is 0 Å². The van der Waals surface area contributed by atoms with Crippen LogP contribution in [0.1, 0.15) is 11.1 Å². The number of thiocarbonyl (C=S) groups is 1. The second kappa shape index (κ2) is 9.41. The number of rotatable bonds is 7. The number of aliphatic carboxylic acids is 1. The normalized spacial score (nSPS) is 16.0. The van der Waals surface area contributed by atoms with Gasteiger partial charge in [-0.15, -0.1) is 6.42 Å². The molecule has 7 heteroatoms. The molecular formula is C22H17NO4S2. The summed E-state index contributed by atoms with van der Waals surface area (Å²) < 4.78 is 5.62. The van der Waals surface area contributed by atoms with E-state index in [4.69, 9.17) is 23.4 Å². The van der Waals surface area contributed by atoms with Crippen molar-refractivity contribution in [2.75, 3.05) is 6.61 Å². The van der Waals surface area contributed by atoms with Crippen molar-refractivity contribution >= 4 is 46.3 Å². The first-order valence-corrected chi connectivity index (χ1v) is 9.92. The van der Waals surface area contributed by atoms with E-state index < -0.39 is 17.9 Å². The number of carboxylic acid groups (broad SMARTS) is 1. The second-order valence-corrected chi connectivity index (χ2v) is 7.84. The number of ether oxygens (including phenoxy) is 1. The fourth-order valence-corrected chi connectivity index (χ4v) is 4.20. The Morgan fingerprint density at radius 2 is 2.03 bits per heavy atom. The van der Waals surface area contributed by atoms with Crippen LogP contribution in [0.2, 0.25) is 0 Å². The first-order chi connectivity index (χ1) is 14.0. The molecule has 0 aliphatic carbocycles. The van der Waals surface area contributed by atoms with E-state index in [-0.39, 0.29) is 17.3 Å². The van der Waals surface area contributed by atoms with Gasteiger partial charge in [-0.2, -0.15) is 0 Å². The summed E-state index contributed by atoms with van der Waals surface area (Å²) in [6, 6.07) is 15.2. The van der Waals surface area contributed by atoms with Crippen LogP contribution in [0.25, 0.3) is 6.08 Å². The van der Waals surface area contributed by atoms with Gasteiger partial charge in [0.15, 0.2) is 0 Å². The third kappa shape index (κ3) is 5.05. The summed E-state index contributed by atoms with van der Waals surface area (Å²) >= 11 is 6.41.